The first-order valence-corrected chi connectivity index (χ1v) is 10.5. The summed E-state index contributed by atoms with van der Waals surface area (Å²) in [7, 11) is -3.95. The largest absolute Gasteiger partial charge is 0.461 e. The highest BCUT2D eigenvalue weighted by molar-refractivity contribution is 7.89. The highest BCUT2D eigenvalue weighted by atomic mass is 35.5. The van der Waals surface area contributed by atoms with Crippen LogP contribution in [0.4, 0.5) is 8.78 Å². The molecule has 0 aromatic heterocycles. The summed E-state index contributed by atoms with van der Waals surface area (Å²) in [6.45, 7) is 0.281. The average Bonchev–Trinajstić information content (AvgIpc) is 2.68. The van der Waals surface area contributed by atoms with Crippen molar-refractivity contribution in [2.24, 2.45) is 5.92 Å². The molecule has 0 radical (unpaired) electrons. The first-order valence-electron chi connectivity index (χ1n) is 8.63. The van der Waals surface area contributed by atoms with Crippen LogP contribution in [0, 0.1) is 17.6 Å². The van der Waals surface area contributed by atoms with Crippen LogP contribution < -0.4 is 0 Å². The quantitative estimate of drug-likeness (QED) is 0.679. The van der Waals surface area contributed by atoms with Crippen molar-refractivity contribution in [2.75, 3.05) is 13.1 Å². The number of piperidine rings is 1. The van der Waals surface area contributed by atoms with Crippen LogP contribution in [0.25, 0.3) is 0 Å². The maximum absolute atomic E-state index is 13.4. The summed E-state index contributed by atoms with van der Waals surface area (Å²) in [4.78, 5) is 11.9. The molecule has 1 aliphatic rings. The van der Waals surface area contributed by atoms with Gasteiger partial charge in [-0.3, -0.25) is 4.79 Å². The fourth-order valence-corrected chi connectivity index (χ4v) is 4.71. The topological polar surface area (TPSA) is 63.7 Å². The van der Waals surface area contributed by atoms with Crippen LogP contribution in [0.3, 0.4) is 0 Å². The van der Waals surface area contributed by atoms with E-state index in [1.807, 2.05) is 0 Å². The second-order valence-electron chi connectivity index (χ2n) is 6.49. The number of esters is 1. The highest BCUT2D eigenvalue weighted by Crippen LogP contribution is 2.26. The minimum Gasteiger partial charge on any atom is -0.461 e. The Morgan fingerprint density at radius 1 is 1.11 bits per heavy atom. The summed E-state index contributed by atoms with van der Waals surface area (Å²) in [5.41, 5.74) is 0.763. The number of hydrogen-bond acceptors (Lipinski definition) is 4. The fraction of sp³-hybridized carbons (Fsp3) is 0.316. The lowest BCUT2D eigenvalue weighted by Crippen LogP contribution is -2.40. The summed E-state index contributed by atoms with van der Waals surface area (Å²) in [5.74, 6) is -3.15. The number of halogens is 3. The van der Waals surface area contributed by atoms with Gasteiger partial charge >= 0.3 is 5.97 Å². The molecule has 0 saturated carbocycles. The number of benzene rings is 2. The third-order valence-corrected chi connectivity index (χ3v) is 6.72. The van der Waals surface area contributed by atoms with E-state index in [9.17, 15) is 22.0 Å². The number of nitrogens with zero attached hydrogens (tertiary/aromatic N) is 1. The monoisotopic (exact) mass is 429 g/mol. The van der Waals surface area contributed by atoms with Gasteiger partial charge in [0.15, 0.2) is 11.6 Å². The van der Waals surface area contributed by atoms with Crippen molar-refractivity contribution in [3.63, 3.8) is 0 Å². The summed E-state index contributed by atoms with van der Waals surface area (Å²) >= 11 is 5.89. The molecule has 1 aliphatic heterocycles. The van der Waals surface area contributed by atoms with Gasteiger partial charge < -0.3 is 4.74 Å². The van der Waals surface area contributed by atoms with Crippen LogP contribution in [0.2, 0.25) is 5.02 Å². The zero-order chi connectivity index (χ0) is 20.3. The Balaban J connectivity index is 1.57. The van der Waals surface area contributed by atoms with Gasteiger partial charge in [-0.1, -0.05) is 23.7 Å². The van der Waals surface area contributed by atoms with Crippen LogP contribution in [-0.4, -0.2) is 31.8 Å². The lowest BCUT2D eigenvalue weighted by atomic mass is 9.98. The SMILES string of the molecule is O=C(OCc1cccc(Cl)c1)C1CCN(S(=O)(=O)c2ccc(F)c(F)c2)CC1. The van der Waals surface area contributed by atoms with Crippen LogP contribution >= 0.6 is 11.6 Å². The molecule has 5 nitrogen and oxygen atoms in total. The predicted molar refractivity (Wildman–Crippen MR) is 99.1 cm³/mol. The molecule has 0 unspecified atom stereocenters. The smallest absolute Gasteiger partial charge is 0.309 e. The molecule has 0 amide bonds. The Bertz CT molecular complexity index is 976. The van der Waals surface area contributed by atoms with Crippen molar-refractivity contribution >= 4 is 27.6 Å². The van der Waals surface area contributed by atoms with Crippen LogP contribution in [-0.2, 0) is 26.2 Å². The number of carbonyl (C=O) groups excluding carboxylic acids is 1. The number of hydrogen-bond donors (Lipinski definition) is 0. The Morgan fingerprint density at radius 3 is 2.46 bits per heavy atom. The van der Waals surface area contributed by atoms with Crippen LogP contribution in [0.15, 0.2) is 47.4 Å². The van der Waals surface area contributed by atoms with Crippen LogP contribution in [0.5, 0.6) is 0 Å². The van der Waals surface area contributed by atoms with E-state index in [4.69, 9.17) is 16.3 Å². The lowest BCUT2D eigenvalue weighted by molar-refractivity contribution is -0.151. The Kier molecular flexibility index (Phi) is 6.32. The lowest BCUT2D eigenvalue weighted by Gasteiger charge is -2.30. The van der Waals surface area contributed by atoms with E-state index in [1.54, 1.807) is 24.3 Å². The van der Waals surface area contributed by atoms with Gasteiger partial charge in [-0.25, -0.2) is 17.2 Å². The second kappa shape index (κ2) is 8.55. The molecule has 0 aliphatic carbocycles. The summed E-state index contributed by atoms with van der Waals surface area (Å²) < 4.78 is 58.0. The molecule has 0 atom stereocenters. The molecule has 2 aromatic rings. The van der Waals surface area contributed by atoms with Crippen molar-refractivity contribution in [2.45, 2.75) is 24.3 Å². The minimum absolute atomic E-state index is 0.0900. The van der Waals surface area contributed by atoms with Gasteiger partial charge in [0, 0.05) is 18.1 Å². The van der Waals surface area contributed by atoms with E-state index in [0.29, 0.717) is 11.1 Å². The molecule has 9 heteroatoms. The Morgan fingerprint density at radius 2 is 1.82 bits per heavy atom. The summed E-state index contributed by atoms with van der Waals surface area (Å²) in [5, 5.41) is 0.546. The van der Waals surface area contributed by atoms with Gasteiger partial charge in [-0.2, -0.15) is 4.31 Å². The number of rotatable bonds is 5. The number of carbonyl (C=O) groups is 1. The summed E-state index contributed by atoms with van der Waals surface area (Å²) in [6.07, 6.45) is 0.578. The van der Waals surface area contributed by atoms with Crippen molar-refractivity contribution in [3.8, 4) is 0 Å². The van der Waals surface area contributed by atoms with E-state index in [1.165, 1.54) is 4.31 Å². The molecule has 0 spiro atoms. The first-order chi connectivity index (χ1) is 13.3. The third kappa shape index (κ3) is 4.68. The van der Waals surface area contributed by atoms with E-state index in [-0.39, 0.29) is 37.4 Å². The molecule has 1 heterocycles. The highest BCUT2D eigenvalue weighted by Gasteiger charge is 2.33. The number of ether oxygens (including phenoxy) is 1. The van der Waals surface area contributed by atoms with Gasteiger partial charge in [0.05, 0.1) is 10.8 Å². The van der Waals surface area contributed by atoms with Gasteiger partial charge in [0.2, 0.25) is 10.0 Å². The molecule has 1 fully saturated rings. The maximum atomic E-state index is 13.4. The second-order valence-corrected chi connectivity index (χ2v) is 8.87. The van der Waals surface area contributed by atoms with E-state index < -0.39 is 33.5 Å². The van der Waals surface area contributed by atoms with Gasteiger partial charge in [-0.05, 0) is 48.7 Å². The number of sulfonamides is 1. The standard InChI is InChI=1S/C19H18ClF2NO4S/c20-15-3-1-2-13(10-15)12-27-19(24)14-6-8-23(9-7-14)28(25,26)16-4-5-17(21)18(22)11-16/h1-5,10-11,14H,6-9,12H2. The van der Waals surface area contributed by atoms with Gasteiger partial charge in [0.1, 0.15) is 6.61 Å². The zero-order valence-corrected chi connectivity index (χ0v) is 16.3. The molecule has 3 rings (SSSR count). The molecule has 150 valence electrons. The molecular formula is C19H18ClF2NO4S. The average molecular weight is 430 g/mol. The van der Waals surface area contributed by atoms with Crippen molar-refractivity contribution in [1.82, 2.24) is 4.31 Å². The normalized spacial score (nSPS) is 16.1. The molecule has 2 aromatic carbocycles. The van der Waals surface area contributed by atoms with Crippen molar-refractivity contribution < 1.29 is 26.7 Å². The fourth-order valence-electron chi connectivity index (χ4n) is 3.02. The third-order valence-electron chi connectivity index (χ3n) is 4.59. The van der Waals surface area contributed by atoms with Gasteiger partial charge in [-0.15, -0.1) is 0 Å². The van der Waals surface area contributed by atoms with E-state index in [0.717, 1.165) is 17.7 Å². The zero-order valence-electron chi connectivity index (χ0n) is 14.8. The minimum atomic E-state index is -3.95. The van der Waals surface area contributed by atoms with Crippen LogP contribution in [0.1, 0.15) is 18.4 Å². The first kappa shape index (κ1) is 20.7. The predicted octanol–water partition coefficient (Wildman–Crippen LogP) is 3.76. The van der Waals surface area contributed by atoms with Crippen molar-refractivity contribution in [3.05, 3.63) is 64.7 Å². The van der Waals surface area contributed by atoms with E-state index in [2.05, 4.69) is 0 Å². The molecule has 1 saturated heterocycles. The summed E-state index contributed by atoms with van der Waals surface area (Å²) in [6, 6.07) is 9.43. The van der Waals surface area contributed by atoms with E-state index >= 15 is 0 Å². The molecule has 28 heavy (non-hydrogen) atoms. The molecule has 0 bridgehead atoms. The van der Waals surface area contributed by atoms with Crippen molar-refractivity contribution in [1.29, 1.82) is 0 Å². The Labute approximate surface area is 166 Å². The molecule has 0 N–H and O–H groups in total. The van der Waals surface area contributed by atoms with Gasteiger partial charge in [0.25, 0.3) is 0 Å². The molecular weight excluding hydrogens is 412 g/mol. The Hall–Kier alpha value is -2.03. The maximum Gasteiger partial charge on any atom is 0.309 e.